The third-order valence-corrected chi connectivity index (χ3v) is 4.15. The summed E-state index contributed by atoms with van der Waals surface area (Å²) in [6.07, 6.45) is 7.21. The highest BCUT2D eigenvalue weighted by Gasteiger charge is 2.28. The van der Waals surface area contributed by atoms with Crippen LogP contribution in [0.2, 0.25) is 0 Å². The van der Waals surface area contributed by atoms with Gasteiger partial charge in [0.25, 0.3) is 0 Å². The molecule has 1 aliphatic carbocycles. The van der Waals surface area contributed by atoms with Crippen molar-refractivity contribution in [1.29, 1.82) is 0 Å². The predicted octanol–water partition coefficient (Wildman–Crippen LogP) is 2.58. The fourth-order valence-electron chi connectivity index (χ4n) is 3.16. The lowest BCUT2D eigenvalue weighted by Gasteiger charge is -2.36. The number of ether oxygens (including phenoxy) is 1. The molecule has 0 spiro atoms. The Balaban J connectivity index is 1.75. The van der Waals surface area contributed by atoms with Gasteiger partial charge in [-0.05, 0) is 37.5 Å². The molecule has 0 aromatic rings. The highest BCUT2D eigenvalue weighted by atomic mass is 16.5. The first kappa shape index (κ1) is 11.4. The monoisotopic (exact) mass is 211 g/mol. The maximum absolute atomic E-state index is 5.65. The van der Waals surface area contributed by atoms with Crippen LogP contribution in [-0.2, 0) is 4.74 Å². The molecule has 1 aliphatic heterocycles. The van der Waals surface area contributed by atoms with Crippen molar-refractivity contribution >= 4 is 0 Å². The van der Waals surface area contributed by atoms with E-state index >= 15 is 0 Å². The number of hydrogen-bond donors (Lipinski definition) is 1. The van der Waals surface area contributed by atoms with Crippen molar-refractivity contribution in [3.63, 3.8) is 0 Å². The molecule has 0 amide bonds. The summed E-state index contributed by atoms with van der Waals surface area (Å²) in [5.74, 6) is 1.69. The van der Waals surface area contributed by atoms with Gasteiger partial charge in [-0.2, -0.15) is 0 Å². The minimum absolute atomic E-state index is 0.492. The Morgan fingerprint density at radius 3 is 2.40 bits per heavy atom. The lowest BCUT2D eigenvalue weighted by Crippen LogP contribution is -2.45. The summed E-state index contributed by atoms with van der Waals surface area (Å²) in [5.41, 5.74) is 0. The van der Waals surface area contributed by atoms with E-state index in [0.29, 0.717) is 6.10 Å². The van der Waals surface area contributed by atoms with E-state index in [1.807, 2.05) is 0 Å². The van der Waals surface area contributed by atoms with E-state index in [2.05, 4.69) is 19.2 Å². The van der Waals surface area contributed by atoms with Crippen LogP contribution in [0.1, 0.15) is 46.0 Å². The molecule has 15 heavy (non-hydrogen) atoms. The molecule has 1 unspecified atom stereocenters. The van der Waals surface area contributed by atoms with Gasteiger partial charge in [-0.25, -0.2) is 0 Å². The minimum Gasteiger partial charge on any atom is -0.377 e. The Morgan fingerprint density at radius 1 is 1.07 bits per heavy atom. The summed E-state index contributed by atoms with van der Waals surface area (Å²) in [4.78, 5) is 0. The second-order valence-corrected chi connectivity index (χ2v) is 5.45. The topological polar surface area (TPSA) is 21.3 Å². The van der Waals surface area contributed by atoms with Gasteiger partial charge in [-0.1, -0.05) is 20.3 Å². The molecule has 2 heteroatoms. The molecule has 2 nitrogen and oxygen atoms in total. The van der Waals surface area contributed by atoms with Gasteiger partial charge in [-0.3, -0.25) is 0 Å². The largest absolute Gasteiger partial charge is 0.377 e. The van der Waals surface area contributed by atoms with Crippen molar-refractivity contribution in [2.45, 2.75) is 58.1 Å². The zero-order valence-electron chi connectivity index (χ0n) is 10.2. The predicted molar refractivity (Wildman–Crippen MR) is 62.9 cm³/mol. The second-order valence-electron chi connectivity index (χ2n) is 5.45. The van der Waals surface area contributed by atoms with Crippen LogP contribution < -0.4 is 5.32 Å². The van der Waals surface area contributed by atoms with Gasteiger partial charge in [0.1, 0.15) is 0 Å². The van der Waals surface area contributed by atoms with E-state index in [-0.39, 0.29) is 0 Å². The van der Waals surface area contributed by atoms with Crippen molar-refractivity contribution in [3.05, 3.63) is 0 Å². The zero-order valence-corrected chi connectivity index (χ0v) is 10.2. The molecule has 0 radical (unpaired) electrons. The van der Waals surface area contributed by atoms with E-state index in [1.54, 1.807) is 0 Å². The molecule has 88 valence electrons. The van der Waals surface area contributed by atoms with Crippen molar-refractivity contribution in [2.24, 2.45) is 11.8 Å². The minimum atomic E-state index is 0.492. The number of nitrogens with one attached hydrogen (secondary N) is 1. The number of rotatable bonds is 3. The molecule has 1 heterocycles. The van der Waals surface area contributed by atoms with E-state index in [0.717, 1.165) is 31.0 Å². The molecule has 1 N–H and O–H groups in total. The average molecular weight is 211 g/mol. The molecule has 4 atom stereocenters. The molecule has 0 aromatic heterocycles. The van der Waals surface area contributed by atoms with Gasteiger partial charge in [0.2, 0.25) is 0 Å². The fourth-order valence-corrected chi connectivity index (χ4v) is 3.16. The summed E-state index contributed by atoms with van der Waals surface area (Å²) in [7, 11) is 0. The Kier molecular flexibility index (Phi) is 4.04. The second kappa shape index (κ2) is 5.31. The smallest absolute Gasteiger partial charge is 0.0700 e. The molecule has 0 bridgehead atoms. The lowest BCUT2D eigenvalue weighted by molar-refractivity contribution is 0.0968. The third kappa shape index (κ3) is 2.94. The molecule has 2 aliphatic rings. The van der Waals surface area contributed by atoms with E-state index in [4.69, 9.17) is 4.74 Å². The highest BCUT2D eigenvalue weighted by Crippen LogP contribution is 2.28. The van der Waals surface area contributed by atoms with Gasteiger partial charge >= 0.3 is 0 Å². The summed E-state index contributed by atoms with van der Waals surface area (Å²) in [5, 5.41) is 3.74. The third-order valence-electron chi connectivity index (χ3n) is 4.15. The Bertz CT molecular complexity index is 179. The molecule has 2 rings (SSSR count). The van der Waals surface area contributed by atoms with Crippen molar-refractivity contribution in [3.8, 4) is 0 Å². The summed E-state index contributed by atoms with van der Waals surface area (Å²) >= 11 is 0. The Hall–Kier alpha value is -0.0800. The SMILES string of the molecule is C[C@@H]1CCC[C@H](C)C1NC[C@@H]1CCCO1. The van der Waals surface area contributed by atoms with Crippen LogP contribution in [0.25, 0.3) is 0 Å². The van der Waals surface area contributed by atoms with Crippen molar-refractivity contribution < 1.29 is 4.74 Å². The molecule has 1 saturated carbocycles. The van der Waals surface area contributed by atoms with Crippen molar-refractivity contribution in [1.82, 2.24) is 5.32 Å². The average Bonchev–Trinajstić information content (AvgIpc) is 2.70. The summed E-state index contributed by atoms with van der Waals surface area (Å²) in [6, 6.07) is 0.725. The fraction of sp³-hybridized carbons (Fsp3) is 1.00. The van der Waals surface area contributed by atoms with Crippen LogP contribution >= 0.6 is 0 Å². The maximum Gasteiger partial charge on any atom is 0.0700 e. The van der Waals surface area contributed by atoms with Gasteiger partial charge in [0.05, 0.1) is 6.10 Å². The van der Waals surface area contributed by atoms with Crippen LogP contribution in [0.15, 0.2) is 0 Å². The van der Waals surface area contributed by atoms with Crippen LogP contribution in [0.3, 0.4) is 0 Å². The Morgan fingerprint density at radius 2 is 1.80 bits per heavy atom. The van der Waals surface area contributed by atoms with E-state index in [1.165, 1.54) is 32.1 Å². The molecule has 0 aromatic carbocycles. The zero-order chi connectivity index (χ0) is 10.7. The van der Waals surface area contributed by atoms with Crippen LogP contribution in [0, 0.1) is 11.8 Å². The van der Waals surface area contributed by atoms with Gasteiger partial charge in [0.15, 0.2) is 0 Å². The lowest BCUT2D eigenvalue weighted by atomic mass is 9.78. The normalized spacial score (nSPS) is 42.0. The van der Waals surface area contributed by atoms with Crippen LogP contribution in [0.4, 0.5) is 0 Å². The van der Waals surface area contributed by atoms with Gasteiger partial charge < -0.3 is 10.1 Å². The first-order valence-corrected chi connectivity index (χ1v) is 6.62. The van der Waals surface area contributed by atoms with Crippen LogP contribution in [-0.4, -0.2) is 25.3 Å². The number of hydrogen-bond acceptors (Lipinski definition) is 2. The molecular formula is C13H25NO. The summed E-state index contributed by atoms with van der Waals surface area (Å²) in [6.45, 7) is 6.83. The molecule has 2 fully saturated rings. The first-order valence-electron chi connectivity index (χ1n) is 6.62. The first-order chi connectivity index (χ1) is 7.27. The van der Waals surface area contributed by atoms with E-state index in [9.17, 15) is 0 Å². The summed E-state index contributed by atoms with van der Waals surface area (Å²) < 4.78 is 5.65. The Labute approximate surface area is 93.8 Å². The van der Waals surface area contributed by atoms with Crippen LogP contribution in [0.5, 0.6) is 0 Å². The molecular weight excluding hydrogens is 186 g/mol. The van der Waals surface area contributed by atoms with Gasteiger partial charge in [0, 0.05) is 19.2 Å². The quantitative estimate of drug-likeness (QED) is 0.774. The maximum atomic E-state index is 5.65. The highest BCUT2D eigenvalue weighted by molar-refractivity contribution is 4.84. The van der Waals surface area contributed by atoms with E-state index < -0.39 is 0 Å². The standard InChI is InChI=1S/C13H25NO/c1-10-5-3-6-11(2)13(10)14-9-12-7-4-8-15-12/h10-14H,3-9H2,1-2H3/t10-,11+,12-,13?/m0/s1. The van der Waals surface area contributed by atoms with Gasteiger partial charge in [-0.15, -0.1) is 0 Å². The van der Waals surface area contributed by atoms with Crippen molar-refractivity contribution in [2.75, 3.05) is 13.2 Å². The molecule has 1 saturated heterocycles.